The van der Waals surface area contributed by atoms with Gasteiger partial charge in [-0.3, -0.25) is 0 Å². The van der Waals surface area contributed by atoms with Gasteiger partial charge < -0.3 is 10.3 Å². The van der Waals surface area contributed by atoms with Crippen molar-refractivity contribution in [2.45, 2.75) is 32.2 Å². The van der Waals surface area contributed by atoms with E-state index >= 15 is 0 Å². The maximum absolute atomic E-state index is 5.33. The van der Waals surface area contributed by atoms with E-state index in [1.54, 1.807) is 6.33 Å². The minimum atomic E-state index is 0.616. The van der Waals surface area contributed by atoms with Gasteiger partial charge in [-0.15, -0.1) is 0 Å². The van der Waals surface area contributed by atoms with Crippen LogP contribution in [0.5, 0.6) is 0 Å². The highest BCUT2D eigenvalue weighted by atomic mass is 15.3. The third kappa shape index (κ3) is 2.02. The van der Waals surface area contributed by atoms with Crippen LogP contribution in [0.3, 0.4) is 0 Å². The average Bonchev–Trinajstić information content (AvgIpc) is 2.77. The van der Waals surface area contributed by atoms with Crippen LogP contribution in [0, 0.1) is 0 Å². The number of nitrogens with zero attached hydrogens (tertiary/aromatic N) is 3. The zero-order chi connectivity index (χ0) is 10.7. The summed E-state index contributed by atoms with van der Waals surface area (Å²) in [6.07, 6.45) is 5.21. The predicted molar refractivity (Wildman–Crippen MR) is 60.5 cm³/mol. The molecule has 5 heteroatoms. The Morgan fingerprint density at radius 2 is 2.47 bits per heavy atom. The number of anilines is 2. The molecular formula is C10H17N5. The van der Waals surface area contributed by atoms with Crippen molar-refractivity contribution in [2.75, 3.05) is 16.9 Å². The molecule has 2 heterocycles. The monoisotopic (exact) mass is 207 g/mol. The van der Waals surface area contributed by atoms with E-state index in [2.05, 4.69) is 27.2 Å². The third-order valence-electron chi connectivity index (χ3n) is 2.94. The molecule has 5 nitrogen and oxygen atoms in total. The van der Waals surface area contributed by atoms with Gasteiger partial charge in [0.1, 0.15) is 18.0 Å². The highest BCUT2D eigenvalue weighted by Crippen LogP contribution is 2.26. The first-order chi connectivity index (χ1) is 7.35. The fourth-order valence-corrected chi connectivity index (χ4v) is 2.14. The van der Waals surface area contributed by atoms with Gasteiger partial charge in [-0.1, -0.05) is 6.92 Å². The molecule has 1 aliphatic heterocycles. The molecule has 2 rings (SSSR count). The number of aromatic nitrogens is 2. The predicted octanol–water partition coefficient (Wildman–Crippen LogP) is 1.14. The maximum atomic E-state index is 5.33. The molecule has 1 unspecified atom stereocenters. The summed E-state index contributed by atoms with van der Waals surface area (Å²) in [4.78, 5) is 10.6. The summed E-state index contributed by atoms with van der Waals surface area (Å²) in [5.74, 6) is 6.97. The zero-order valence-corrected chi connectivity index (χ0v) is 8.98. The Morgan fingerprint density at radius 3 is 3.20 bits per heavy atom. The van der Waals surface area contributed by atoms with Gasteiger partial charge >= 0.3 is 0 Å². The number of hydrogen-bond donors (Lipinski definition) is 2. The van der Waals surface area contributed by atoms with Crippen molar-refractivity contribution in [3.63, 3.8) is 0 Å². The maximum Gasteiger partial charge on any atom is 0.145 e. The van der Waals surface area contributed by atoms with Crippen molar-refractivity contribution in [1.29, 1.82) is 0 Å². The molecule has 1 aromatic rings. The highest BCUT2D eigenvalue weighted by Gasteiger charge is 2.23. The van der Waals surface area contributed by atoms with Crippen molar-refractivity contribution in [3.05, 3.63) is 12.4 Å². The van der Waals surface area contributed by atoms with Crippen LogP contribution < -0.4 is 16.2 Å². The largest absolute Gasteiger partial charge is 0.353 e. The van der Waals surface area contributed by atoms with E-state index < -0.39 is 0 Å². The van der Waals surface area contributed by atoms with Crippen LogP contribution >= 0.6 is 0 Å². The first-order valence-electron chi connectivity index (χ1n) is 5.40. The molecule has 0 saturated carbocycles. The smallest absolute Gasteiger partial charge is 0.145 e. The molecule has 15 heavy (non-hydrogen) atoms. The second kappa shape index (κ2) is 4.44. The summed E-state index contributed by atoms with van der Waals surface area (Å²) < 4.78 is 0. The van der Waals surface area contributed by atoms with Crippen LogP contribution in [0.1, 0.15) is 26.2 Å². The molecule has 82 valence electrons. The molecule has 0 radical (unpaired) electrons. The van der Waals surface area contributed by atoms with Crippen molar-refractivity contribution in [2.24, 2.45) is 5.84 Å². The number of hydrazine groups is 1. The molecule has 0 spiro atoms. The lowest BCUT2D eigenvalue weighted by atomic mass is 10.2. The van der Waals surface area contributed by atoms with Crippen LogP contribution in [-0.2, 0) is 0 Å². The number of nitrogens with two attached hydrogens (primary N) is 1. The normalized spacial score (nSPS) is 20.7. The molecule has 3 N–H and O–H groups in total. The summed E-state index contributed by atoms with van der Waals surface area (Å²) in [5, 5.41) is 0. The summed E-state index contributed by atoms with van der Waals surface area (Å²) >= 11 is 0. The van der Waals surface area contributed by atoms with E-state index in [1.165, 1.54) is 12.8 Å². The molecular weight excluding hydrogens is 190 g/mol. The van der Waals surface area contributed by atoms with E-state index in [1.807, 2.05) is 6.07 Å². The Labute approximate surface area is 89.7 Å². The third-order valence-corrected chi connectivity index (χ3v) is 2.94. The molecule has 1 aliphatic rings. The van der Waals surface area contributed by atoms with Gasteiger partial charge in [0, 0.05) is 18.7 Å². The lowest BCUT2D eigenvalue weighted by molar-refractivity contribution is 0.640. The van der Waals surface area contributed by atoms with Gasteiger partial charge in [-0.05, 0) is 19.3 Å². The summed E-state index contributed by atoms with van der Waals surface area (Å²) in [6, 6.07) is 2.51. The lowest BCUT2D eigenvalue weighted by Gasteiger charge is -2.24. The number of nitrogens with one attached hydrogen (secondary N) is 1. The topological polar surface area (TPSA) is 67.1 Å². The first-order valence-corrected chi connectivity index (χ1v) is 5.40. The molecule has 1 atom stereocenters. The highest BCUT2D eigenvalue weighted by molar-refractivity contribution is 5.49. The van der Waals surface area contributed by atoms with Crippen molar-refractivity contribution < 1.29 is 0 Å². The Morgan fingerprint density at radius 1 is 1.60 bits per heavy atom. The molecule has 1 saturated heterocycles. The van der Waals surface area contributed by atoms with E-state index in [0.29, 0.717) is 11.9 Å². The van der Waals surface area contributed by atoms with Gasteiger partial charge in [0.05, 0.1) is 0 Å². The standard InChI is InChI=1S/C10H17N5/c1-2-8-4-3-5-15(8)10-6-9(14-11)12-7-13-10/h6-8H,2-5,11H2,1H3,(H,12,13,14). The Hall–Kier alpha value is -1.36. The Kier molecular flexibility index (Phi) is 3.01. The van der Waals surface area contributed by atoms with Crippen molar-refractivity contribution in [3.8, 4) is 0 Å². The molecule has 0 aliphatic carbocycles. The molecule has 0 bridgehead atoms. The number of hydrogen-bond acceptors (Lipinski definition) is 5. The van der Waals surface area contributed by atoms with Crippen LogP contribution in [-0.4, -0.2) is 22.6 Å². The van der Waals surface area contributed by atoms with Gasteiger partial charge in [-0.2, -0.15) is 0 Å². The van der Waals surface area contributed by atoms with Crippen LogP contribution in [0.4, 0.5) is 11.6 Å². The quantitative estimate of drug-likeness (QED) is 0.574. The Bertz CT molecular complexity index is 327. The van der Waals surface area contributed by atoms with E-state index in [4.69, 9.17) is 5.84 Å². The van der Waals surface area contributed by atoms with Crippen LogP contribution in [0.15, 0.2) is 12.4 Å². The first kappa shape index (κ1) is 10.2. The van der Waals surface area contributed by atoms with Crippen molar-refractivity contribution in [1.82, 2.24) is 9.97 Å². The lowest BCUT2D eigenvalue weighted by Crippen LogP contribution is -2.29. The van der Waals surface area contributed by atoms with Crippen LogP contribution in [0.2, 0.25) is 0 Å². The minimum Gasteiger partial charge on any atom is -0.353 e. The Balaban J connectivity index is 2.20. The van der Waals surface area contributed by atoms with E-state index in [9.17, 15) is 0 Å². The second-order valence-corrected chi connectivity index (χ2v) is 3.80. The van der Waals surface area contributed by atoms with Gasteiger partial charge in [0.25, 0.3) is 0 Å². The van der Waals surface area contributed by atoms with E-state index in [0.717, 1.165) is 18.8 Å². The minimum absolute atomic E-state index is 0.616. The van der Waals surface area contributed by atoms with Crippen molar-refractivity contribution >= 4 is 11.6 Å². The van der Waals surface area contributed by atoms with Gasteiger partial charge in [-0.25, -0.2) is 15.8 Å². The molecule has 1 fully saturated rings. The molecule has 0 amide bonds. The summed E-state index contributed by atoms with van der Waals surface area (Å²) in [6.45, 7) is 3.30. The second-order valence-electron chi connectivity index (χ2n) is 3.80. The average molecular weight is 207 g/mol. The SMILES string of the molecule is CCC1CCCN1c1cc(NN)ncn1. The fourth-order valence-electron chi connectivity index (χ4n) is 2.14. The zero-order valence-electron chi connectivity index (χ0n) is 8.98. The van der Waals surface area contributed by atoms with E-state index in [-0.39, 0.29) is 0 Å². The molecule has 0 aromatic carbocycles. The fraction of sp³-hybridized carbons (Fsp3) is 0.600. The summed E-state index contributed by atoms with van der Waals surface area (Å²) in [7, 11) is 0. The van der Waals surface area contributed by atoms with Gasteiger partial charge in [0.15, 0.2) is 0 Å². The van der Waals surface area contributed by atoms with Gasteiger partial charge in [0.2, 0.25) is 0 Å². The van der Waals surface area contributed by atoms with Crippen LogP contribution in [0.25, 0.3) is 0 Å². The summed E-state index contributed by atoms with van der Waals surface area (Å²) in [5.41, 5.74) is 2.55. The molecule has 1 aromatic heterocycles. The number of nitrogen functional groups attached to an aromatic ring is 1. The number of rotatable bonds is 3.